The molecule has 0 amide bonds. The van der Waals surface area contributed by atoms with Crippen LogP contribution in [0.15, 0.2) is 0 Å². The summed E-state index contributed by atoms with van der Waals surface area (Å²) >= 11 is 0. The lowest BCUT2D eigenvalue weighted by Gasteiger charge is -2.32. The molecule has 1 rings (SSSR count). The van der Waals surface area contributed by atoms with Crippen molar-refractivity contribution in [1.82, 2.24) is 4.90 Å². The van der Waals surface area contributed by atoms with E-state index < -0.39 is 0 Å². The molecule has 0 aromatic carbocycles. The molecule has 1 heterocycles. The average Bonchev–Trinajstić information content (AvgIpc) is 2.44. The first-order valence-electron chi connectivity index (χ1n) is 5.79. The van der Waals surface area contributed by atoms with E-state index in [2.05, 4.69) is 51.3 Å². The Balaban J connectivity index is 2.82. The molecule has 0 bridgehead atoms. The highest BCUT2D eigenvalue weighted by Gasteiger charge is 2.45. The molecule has 0 saturated carbocycles. The number of nitrogens with zero attached hydrogens (tertiary/aromatic N) is 2. The number of hydrogen-bond donors (Lipinski definition) is 0. The second-order valence-electron chi connectivity index (χ2n) is 6.73. The SMILES string of the molecule is [C-]#[N+][C@H]1CC(C(C)(C)C)CN1C(C)(C)C. The fourth-order valence-electron chi connectivity index (χ4n) is 2.29. The first-order valence-corrected chi connectivity index (χ1v) is 5.79. The summed E-state index contributed by atoms with van der Waals surface area (Å²) in [6.07, 6.45) is 1.12. The van der Waals surface area contributed by atoms with Gasteiger partial charge in [-0.1, -0.05) is 20.8 Å². The van der Waals surface area contributed by atoms with Crippen LogP contribution in [0.5, 0.6) is 0 Å². The Hall–Kier alpha value is -0.550. The van der Waals surface area contributed by atoms with Crippen LogP contribution in [0.25, 0.3) is 4.85 Å². The van der Waals surface area contributed by atoms with Crippen molar-refractivity contribution in [3.63, 3.8) is 0 Å². The van der Waals surface area contributed by atoms with E-state index in [0.29, 0.717) is 11.3 Å². The molecule has 1 unspecified atom stereocenters. The maximum Gasteiger partial charge on any atom is 0.280 e. The third kappa shape index (κ3) is 2.72. The predicted octanol–water partition coefficient (Wildman–Crippen LogP) is 3.40. The van der Waals surface area contributed by atoms with Gasteiger partial charge in [-0.3, -0.25) is 4.85 Å². The largest absolute Gasteiger partial charge is 0.296 e. The van der Waals surface area contributed by atoms with Gasteiger partial charge in [0, 0.05) is 18.5 Å². The molecule has 1 fully saturated rings. The molecule has 15 heavy (non-hydrogen) atoms. The molecule has 1 aliphatic rings. The smallest absolute Gasteiger partial charge is 0.280 e. The van der Waals surface area contributed by atoms with Gasteiger partial charge in [-0.05, 0) is 32.1 Å². The predicted molar refractivity (Wildman–Crippen MR) is 64.4 cm³/mol. The van der Waals surface area contributed by atoms with E-state index in [1.165, 1.54) is 0 Å². The Kier molecular flexibility index (Phi) is 3.16. The third-order valence-corrected chi connectivity index (χ3v) is 3.51. The highest BCUT2D eigenvalue weighted by molar-refractivity contribution is 4.98. The van der Waals surface area contributed by atoms with Crippen LogP contribution in [-0.4, -0.2) is 23.1 Å². The van der Waals surface area contributed by atoms with Crippen molar-refractivity contribution in [3.8, 4) is 0 Å². The number of likely N-dealkylation sites (tertiary alicyclic amines) is 1. The summed E-state index contributed by atoms with van der Waals surface area (Å²) in [5, 5.41) is 0. The summed E-state index contributed by atoms with van der Waals surface area (Å²) < 4.78 is 0. The molecule has 2 nitrogen and oxygen atoms in total. The van der Waals surface area contributed by atoms with Gasteiger partial charge in [-0.15, -0.1) is 0 Å². The van der Waals surface area contributed by atoms with Gasteiger partial charge in [0.05, 0.1) is 0 Å². The molecule has 1 saturated heterocycles. The summed E-state index contributed by atoms with van der Waals surface area (Å²) in [5.74, 6) is 0.649. The van der Waals surface area contributed by atoms with E-state index in [4.69, 9.17) is 6.57 Å². The quantitative estimate of drug-likeness (QED) is 0.554. The fraction of sp³-hybridized carbons (Fsp3) is 0.923. The zero-order valence-electron chi connectivity index (χ0n) is 11.0. The third-order valence-electron chi connectivity index (χ3n) is 3.51. The molecule has 0 aliphatic carbocycles. The van der Waals surface area contributed by atoms with Crippen LogP contribution in [-0.2, 0) is 0 Å². The molecule has 2 atom stereocenters. The first kappa shape index (κ1) is 12.5. The van der Waals surface area contributed by atoms with Gasteiger partial charge in [0.1, 0.15) is 0 Å². The number of rotatable bonds is 0. The topological polar surface area (TPSA) is 7.60 Å². The van der Waals surface area contributed by atoms with Gasteiger partial charge in [0.2, 0.25) is 0 Å². The van der Waals surface area contributed by atoms with E-state index in [1.807, 2.05) is 0 Å². The minimum absolute atomic E-state index is 0.0919. The molecule has 86 valence electrons. The molecule has 0 radical (unpaired) electrons. The molecule has 0 aromatic heterocycles. The molecule has 0 aromatic rings. The Morgan fingerprint density at radius 3 is 1.93 bits per heavy atom. The van der Waals surface area contributed by atoms with Gasteiger partial charge < -0.3 is 0 Å². The summed E-state index contributed by atoms with van der Waals surface area (Å²) in [6.45, 7) is 21.8. The lowest BCUT2D eigenvalue weighted by atomic mass is 9.80. The summed E-state index contributed by atoms with van der Waals surface area (Å²) in [6, 6.07) is 0. The fourth-order valence-corrected chi connectivity index (χ4v) is 2.29. The Morgan fingerprint density at radius 1 is 1.13 bits per heavy atom. The van der Waals surface area contributed by atoms with Gasteiger partial charge in [-0.2, -0.15) is 0 Å². The van der Waals surface area contributed by atoms with Crippen molar-refractivity contribution < 1.29 is 0 Å². The highest BCUT2D eigenvalue weighted by Crippen LogP contribution is 2.39. The molecule has 0 N–H and O–H groups in total. The maximum atomic E-state index is 7.29. The van der Waals surface area contributed by atoms with Crippen LogP contribution < -0.4 is 0 Å². The second-order valence-corrected chi connectivity index (χ2v) is 6.73. The Labute approximate surface area is 94.5 Å². The summed E-state index contributed by atoms with van der Waals surface area (Å²) in [5.41, 5.74) is 0.443. The molecule has 2 heteroatoms. The van der Waals surface area contributed by atoms with Crippen molar-refractivity contribution in [1.29, 1.82) is 0 Å². The van der Waals surface area contributed by atoms with Crippen molar-refractivity contribution in [3.05, 3.63) is 11.4 Å². The van der Waals surface area contributed by atoms with Crippen molar-refractivity contribution in [2.75, 3.05) is 6.54 Å². The van der Waals surface area contributed by atoms with Crippen molar-refractivity contribution in [2.24, 2.45) is 11.3 Å². The highest BCUT2D eigenvalue weighted by atomic mass is 15.3. The van der Waals surface area contributed by atoms with Gasteiger partial charge in [0.15, 0.2) is 0 Å². The molecular formula is C13H24N2. The molecular weight excluding hydrogens is 184 g/mol. The maximum absolute atomic E-state index is 7.29. The van der Waals surface area contributed by atoms with Gasteiger partial charge in [0.25, 0.3) is 6.17 Å². The van der Waals surface area contributed by atoms with E-state index in [0.717, 1.165) is 13.0 Å². The minimum Gasteiger partial charge on any atom is -0.296 e. The van der Waals surface area contributed by atoms with Crippen LogP contribution in [0.4, 0.5) is 0 Å². The van der Waals surface area contributed by atoms with E-state index in [1.54, 1.807) is 0 Å². The average molecular weight is 208 g/mol. The monoisotopic (exact) mass is 208 g/mol. The Morgan fingerprint density at radius 2 is 1.67 bits per heavy atom. The Bertz CT molecular complexity index is 262. The molecule has 0 spiro atoms. The normalized spacial score (nSPS) is 29.1. The summed E-state index contributed by atoms with van der Waals surface area (Å²) in [4.78, 5) is 6.13. The van der Waals surface area contributed by atoms with Gasteiger partial charge >= 0.3 is 0 Å². The van der Waals surface area contributed by atoms with Crippen LogP contribution in [0.2, 0.25) is 0 Å². The van der Waals surface area contributed by atoms with Crippen LogP contribution in [0.3, 0.4) is 0 Å². The standard InChI is InChI=1S/C13H24N2/c1-12(2,3)10-8-11(14-7)15(9-10)13(4,5)6/h10-11H,8-9H2,1-6H3/t10?,11-/m1/s1. The van der Waals surface area contributed by atoms with Gasteiger partial charge in [-0.25, -0.2) is 11.5 Å². The van der Waals surface area contributed by atoms with Crippen LogP contribution >= 0.6 is 0 Å². The molecule has 1 aliphatic heterocycles. The van der Waals surface area contributed by atoms with Crippen LogP contribution in [0, 0.1) is 17.9 Å². The second kappa shape index (κ2) is 3.79. The minimum atomic E-state index is 0.0919. The lowest BCUT2D eigenvalue weighted by Crippen LogP contribution is -2.43. The first-order chi connectivity index (χ1) is 6.66. The van der Waals surface area contributed by atoms with E-state index in [9.17, 15) is 0 Å². The lowest BCUT2D eigenvalue weighted by molar-refractivity contribution is 0.127. The van der Waals surface area contributed by atoms with Crippen LogP contribution in [0.1, 0.15) is 48.0 Å². The zero-order chi connectivity index (χ0) is 11.9. The van der Waals surface area contributed by atoms with E-state index >= 15 is 0 Å². The summed E-state index contributed by atoms with van der Waals surface area (Å²) in [7, 11) is 0. The number of hydrogen-bond acceptors (Lipinski definition) is 1. The van der Waals surface area contributed by atoms with Crippen molar-refractivity contribution in [2.45, 2.75) is 59.7 Å². The van der Waals surface area contributed by atoms with E-state index in [-0.39, 0.29) is 11.7 Å². The zero-order valence-corrected chi connectivity index (χ0v) is 11.0. The van der Waals surface area contributed by atoms with Crippen molar-refractivity contribution >= 4 is 0 Å².